The molecule has 0 unspecified atom stereocenters. The van der Waals surface area contributed by atoms with E-state index in [0.29, 0.717) is 30.5 Å². The number of nitrogens with zero attached hydrogens (tertiary/aromatic N) is 4. The van der Waals surface area contributed by atoms with Gasteiger partial charge in [0.25, 0.3) is 0 Å². The number of amides is 1. The SMILES string of the molecule is Cn1cc(CC(=O)N2CCN(S(=O)(=O)c3c[nH]c4ncccc34)CC2)c2ccccc21. The van der Waals surface area contributed by atoms with E-state index >= 15 is 0 Å². The van der Waals surface area contributed by atoms with E-state index in [-0.39, 0.29) is 23.9 Å². The Kier molecular flexibility index (Phi) is 4.79. The lowest BCUT2D eigenvalue weighted by atomic mass is 10.1. The Bertz CT molecular complexity index is 1380. The van der Waals surface area contributed by atoms with Gasteiger partial charge in [-0.2, -0.15) is 4.31 Å². The summed E-state index contributed by atoms with van der Waals surface area (Å²) in [5, 5.41) is 1.66. The van der Waals surface area contributed by atoms with Crippen LogP contribution in [0.15, 0.2) is 59.9 Å². The van der Waals surface area contributed by atoms with E-state index in [9.17, 15) is 13.2 Å². The number of nitrogens with one attached hydrogen (secondary N) is 1. The van der Waals surface area contributed by atoms with Gasteiger partial charge in [0.05, 0.1) is 6.42 Å². The Morgan fingerprint density at radius 3 is 2.61 bits per heavy atom. The predicted octanol–water partition coefficient (Wildman–Crippen LogP) is 2.13. The fourth-order valence-corrected chi connectivity index (χ4v) is 5.88. The molecule has 0 saturated carbocycles. The van der Waals surface area contributed by atoms with Gasteiger partial charge < -0.3 is 14.5 Å². The van der Waals surface area contributed by atoms with Gasteiger partial charge in [0.1, 0.15) is 10.5 Å². The molecule has 0 radical (unpaired) electrons. The van der Waals surface area contributed by atoms with E-state index in [4.69, 9.17) is 0 Å². The smallest absolute Gasteiger partial charge is 0.245 e. The molecule has 8 nitrogen and oxygen atoms in total. The van der Waals surface area contributed by atoms with Crippen molar-refractivity contribution in [2.24, 2.45) is 7.05 Å². The quantitative estimate of drug-likeness (QED) is 0.530. The number of fused-ring (bicyclic) bond motifs is 2. The maximum atomic E-state index is 13.2. The van der Waals surface area contributed by atoms with E-state index in [1.165, 1.54) is 10.5 Å². The van der Waals surface area contributed by atoms with Gasteiger partial charge in [0, 0.05) is 68.1 Å². The summed E-state index contributed by atoms with van der Waals surface area (Å²) in [4.78, 5) is 22.0. The maximum Gasteiger partial charge on any atom is 0.245 e. The Hall–Kier alpha value is -3.17. The number of aryl methyl sites for hydroxylation is 1. The second-order valence-corrected chi connectivity index (χ2v) is 9.70. The molecular formula is C22H23N5O3S. The number of benzene rings is 1. The van der Waals surface area contributed by atoms with Gasteiger partial charge in [0.2, 0.25) is 15.9 Å². The highest BCUT2D eigenvalue weighted by Crippen LogP contribution is 2.26. The van der Waals surface area contributed by atoms with E-state index < -0.39 is 10.0 Å². The summed E-state index contributed by atoms with van der Waals surface area (Å²) in [7, 11) is -1.69. The molecule has 0 spiro atoms. The van der Waals surface area contributed by atoms with Crippen LogP contribution in [0.3, 0.4) is 0 Å². The van der Waals surface area contributed by atoms with Crippen molar-refractivity contribution in [1.82, 2.24) is 23.7 Å². The average Bonchev–Trinajstić information content (AvgIpc) is 3.36. The number of aromatic nitrogens is 3. The third-order valence-corrected chi connectivity index (χ3v) is 7.88. The van der Waals surface area contributed by atoms with E-state index in [1.807, 2.05) is 42.1 Å². The molecule has 1 saturated heterocycles. The van der Waals surface area contributed by atoms with Crippen molar-refractivity contribution in [3.8, 4) is 0 Å². The van der Waals surface area contributed by atoms with Crippen molar-refractivity contribution in [3.05, 3.63) is 60.6 Å². The van der Waals surface area contributed by atoms with Gasteiger partial charge in [-0.05, 0) is 23.8 Å². The third kappa shape index (κ3) is 3.39. The molecule has 1 amide bonds. The minimum atomic E-state index is -3.66. The van der Waals surface area contributed by atoms with Crippen molar-refractivity contribution < 1.29 is 13.2 Å². The number of H-pyrrole nitrogens is 1. The molecule has 31 heavy (non-hydrogen) atoms. The molecule has 5 rings (SSSR count). The summed E-state index contributed by atoms with van der Waals surface area (Å²) < 4.78 is 29.8. The molecule has 4 aromatic rings. The molecule has 0 bridgehead atoms. The Labute approximate surface area is 180 Å². The summed E-state index contributed by atoms with van der Waals surface area (Å²) >= 11 is 0. The van der Waals surface area contributed by atoms with Crippen LogP contribution in [0, 0.1) is 0 Å². The van der Waals surface area contributed by atoms with E-state index in [0.717, 1.165) is 16.5 Å². The minimum Gasteiger partial charge on any atom is -0.350 e. The number of hydrogen-bond acceptors (Lipinski definition) is 4. The van der Waals surface area contributed by atoms with Crippen LogP contribution >= 0.6 is 0 Å². The molecule has 1 N–H and O–H groups in total. The Balaban J connectivity index is 1.29. The van der Waals surface area contributed by atoms with E-state index in [2.05, 4.69) is 9.97 Å². The zero-order valence-corrected chi connectivity index (χ0v) is 18.0. The first-order valence-corrected chi connectivity index (χ1v) is 11.6. The summed E-state index contributed by atoms with van der Waals surface area (Å²) in [6, 6.07) is 11.5. The average molecular weight is 438 g/mol. The van der Waals surface area contributed by atoms with Gasteiger partial charge in [-0.25, -0.2) is 13.4 Å². The van der Waals surface area contributed by atoms with Gasteiger partial charge in [-0.3, -0.25) is 4.79 Å². The minimum absolute atomic E-state index is 0.0182. The zero-order valence-electron chi connectivity index (χ0n) is 17.2. The molecule has 0 aliphatic carbocycles. The normalized spacial score (nSPS) is 15.7. The van der Waals surface area contributed by atoms with Crippen LogP contribution in [0.1, 0.15) is 5.56 Å². The number of aromatic amines is 1. The number of hydrogen-bond donors (Lipinski definition) is 1. The van der Waals surface area contributed by atoms with Crippen molar-refractivity contribution in [2.75, 3.05) is 26.2 Å². The van der Waals surface area contributed by atoms with Crippen molar-refractivity contribution in [3.63, 3.8) is 0 Å². The lowest BCUT2D eigenvalue weighted by molar-refractivity contribution is -0.131. The molecule has 4 heterocycles. The summed E-state index contributed by atoms with van der Waals surface area (Å²) in [6.45, 7) is 1.31. The van der Waals surface area contributed by atoms with Crippen LogP contribution in [0.4, 0.5) is 0 Å². The molecule has 1 aliphatic rings. The zero-order chi connectivity index (χ0) is 21.6. The predicted molar refractivity (Wildman–Crippen MR) is 118 cm³/mol. The van der Waals surface area contributed by atoms with Crippen LogP contribution in [-0.4, -0.2) is 64.2 Å². The first-order valence-electron chi connectivity index (χ1n) is 10.2. The molecule has 1 fully saturated rings. The highest BCUT2D eigenvalue weighted by atomic mass is 32.2. The maximum absolute atomic E-state index is 13.2. The second-order valence-electron chi connectivity index (χ2n) is 7.80. The number of carbonyl (C=O) groups is 1. The van der Waals surface area contributed by atoms with Gasteiger partial charge in [-0.1, -0.05) is 18.2 Å². The molecule has 1 aliphatic heterocycles. The van der Waals surface area contributed by atoms with E-state index in [1.54, 1.807) is 23.2 Å². The lowest BCUT2D eigenvalue weighted by Crippen LogP contribution is -2.50. The number of carbonyl (C=O) groups excluding carboxylic acids is 1. The topological polar surface area (TPSA) is 91.3 Å². The highest BCUT2D eigenvalue weighted by molar-refractivity contribution is 7.89. The molecule has 9 heteroatoms. The van der Waals surface area contributed by atoms with Crippen LogP contribution in [0.25, 0.3) is 21.9 Å². The fraction of sp³-hybridized carbons (Fsp3) is 0.273. The monoisotopic (exact) mass is 437 g/mol. The molecule has 0 atom stereocenters. The van der Waals surface area contributed by atoms with Crippen LogP contribution in [0.2, 0.25) is 0 Å². The number of para-hydroxylation sites is 1. The number of rotatable bonds is 4. The number of piperazine rings is 1. The van der Waals surface area contributed by atoms with Gasteiger partial charge in [-0.15, -0.1) is 0 Å². The lowest BCUT2D eigenvalue weighted by Gasteiger charge is -2.34. The molecule has 160 valence electrons. The van der Waals surface area contributed by atoms with Crippen LogP contribution < -0.4 is 0 Å². The summed E-state index contributed by atoms with van der Waals surface area (Å²) in [5.41, 5.74) is 2.63. The largest absolute Gasteiger partial charge is 0.350 e. The fourth-order valence-electron chi connectivity index (χ4n) is 4.30. The second kappa shape index (κ2) is 7.51. The standard InChI is InChI=1S/C22H23N5O3S/c1-25-15-16(17-5-2-3-7-19(17)25)13-21(28)26-9-11-27(12-10-26)31(29,30)20-14-24-22-18(20)6-4-8-23-22/h2-8,14-15H,9-13H2,1H3,(H,23,24). The van der Waals surface area contributed by atoms with Crippen molar-refractivity contribution in [1.29, 1.82) is 0 Å². The van der Waals surface area contributed by atoms with Crippen LogP contribution in [-0.2, 0) is 28.3 Å². The number of sulfonamides is 1. The summed E-state index contributed by atoms with van der Waals surface area (Å²) in [6.07, 6.45) is 5.41. The van der Waals surface area contributed by atoms with Gasteiger partial charge in [0.15, 0.2) is 0 Å². The van der Waals surface area contributed by atoms with Crippen molar-refractivity contribution >= 4 is 37.9 Å². The molecule has 1 aromatic carbocycles. The first-order chi connectivity index (χ1) is 14.9. The van der Waals surface area contributed by atoms with Crippen LogP contribution in [0.5, 0.6) is 0 Å². The van der Waals surface area contributed by atoms with Gasteiger partial charge >= 0.3 is 0 Å². The highest BCUT2D eigenvalue weighted by Gasteiger charge is 2.32. The number of pyridine rings is 1. The Morgan fingerprint density at radius 2 is 1.81 bits per heavy atom. The molecular weight excluding hydrogens is 414 g/mol. The summed E-state index contributed by atoms with van der Waals surface area (Å²) in [5.74, 6) is 0.0182. The Morgan fingerprint density at radius 1 is 1.06 bits per heavy atom. The van der Waals surface area contributed by atoms with Crippen molar-refractivity contribution in [2.45, 2.75) is 11.3 Å². The molecule has 3 aromatic heterocycles. The first kappa shape index (κ1) is 19.8. The third-order valence-electron chi connectivity index (χ3n) is 5.94.